The second-order valence-electron chi connectivity index (χ2n) is 5.48. The molecule has 0 aromatic carbocycles. The predicted octanol–water partition coefficient (Wildman–Crippen LogP) is 0.0822. The van der Waals surface area contributed by atoms with Crippen LogP contribution in [0.3, 0.4) is 0 Å². The lowest BCUT2D eigenvalue weighted by molar-refractivity contribution is -0.150. The van der Waals surface area contributed by atoms with Crippen LogP contribution in [-0.2, 0) is 9.59 Å². The van der Waals surface area contributed by atoms with Crippen molar-refractivity contribution in [3.63, 3.8) is 0 Å². The molecule has 5 heteroatoms. The van der Waals surface area contributed by atoms with Crippen molar-refractivity contribution in [2.45, 2.75) is 50.2 Å². The standard InChI is InChI=1S/C12H18N2O3/c15-10-7-13(8-14(10)9-3-4-9)11(16)12(17)5-1-2-6-12/h9,17H,1-8H2. The van der Waals surface area contributed by atoms with E-state index in [1.165, 1.54) is 4.90 Å². The number of hydrogen-bond donors (Lipinski definition) is 1. The molecule has 0 radical (unpaired) electrons. The van der Waals surface area contributed by atoms with Crippen LogP contribution in [-0.4, -0.2) is 51.6 Å². The summed E-state index contributed by atoms with van der Waals surface area (Å²) in [4.78, 5) is 27.2. The highest BCUT2D eigenvalue weighted by molar-refractivity contribution is 5.92. The van der Waals surface area contributed by atoms with Crippen LogP contribution in [0.15, 0.2) is 0 Å². The first-order valence-electron chi connectivity index (χ1n) is 6.41. The monoisotopic (exact) mass is 238 g/mol. The molecule has 0 aromatic rings. The van der Waals surface area contributed by atoms with Crippen molar-refractivity contribution in [1.82, 2.24) is 9.80 Å². The van der Waals surface area contributed by atoms with E-state index in [1.54, 1.807) is 4.90 Å². The average molecular weight is 238 g/mol. The fourth-order valence-corrected chi connectivity index (χ4v) is 2.88. The van der Waals surface area contributed by atoms with Crippen LogP contribution in [0.5, 0.6) is 0 Å². The van der Waals surface area contributed by atoms with Gasteiger partial charge < -0.3 is 14.9 Å². The maximum absolute atomic E-state index is 12.2. The summed E-state index contributed by atoms with van der Waals surface area (Å²) < 4.78 is 0. The molecule has 94 valence electrons. The van der Waals surface area contributed by atoms with Crippen molar-refractivity contribution in [3.05, 3.63) is 0 Å². The van der Waals surface area contributed by atoms with Crippen molar-refractivity contribution < 1.29 is 14.7 Å². The van der Waals surface area contributed by atoms with Crippen LogP contribution in [0.2, 0.25) is 0 Å². The van der Waals surface area contributed by atoms with Gasteiger partial charge in [0.2, 0.25) is 5.91 Å². The Balaban J connectivity index is 1.69. The summed E-state index contributed by atoms with van der Waals surface area (Å²) in [6.07, 6.45) is 4.99. The summed E-state index contributed by atoms with van der Waals surface area (Å²) in [5.74, 6) is -0.214. The molecule has 0 atom stereocenters. The number of nitrogens with zero attached hydrogens (tertiary/aromatic N) is 2. The molecule has 2 amide bonds. The molecule has 0 spiro atoms. The molecule has 5 nitrogen and oxygen atoms in total. The average Bonchev–Trinajstić information content (AvgIpc) is 2.94. The Kier molecular flexibility index (Phi) is 2.40. The van der Waals surface area contributed by atoms with Crippen molar-refractivity contribution >= 4 is 11.8 Å². The smallest absolute Gasteiger partial charge is 0.256 e. The first-order chi connectivity index (χ1) is 8.10. The predicted molar refractivity (Wildman–Crippen MR) is 59.9 cm³/mol. The van der Waals surface area contributed by atoms with Crippen LogP contribution < -0.4 is 0 Å². The Bertz CT molecular complexity index is 359. The minimum Gasteiger partial charge on any atom is -0.380 e. The highest BCUT2D eigenvalue weighted by Crippen LogP contribution is 2.34. The first-order valence-corrected chi connectivity index (χ1v) is 6.41. The summed E-state index contributed by atoms with van der Waals surface area (Å²) in [6.45, 7) is 0.530. The molecule has 3 aliphatic rings. The molecule has 1 aliphatic heterocycles. The third kappa shape index (κ3) is 1.82. The number of carbonyl (C=O) groups is 2. The molecule has 17 heavy (non-hydrogen) atoms. The van der Waals surface area contributed by atoms with E-state index >= 15 is 0 Å². The Morgan fingerprint density at radius 2 is 1.94 bits per heavy atom. The summed E-state index contributed by atoms with van der Waals surface area (Å²) >= 11 is 0. The third-order valence-electron chi connectivity index (χ3n) is 4.07. The second kappa shape index (κ2) is 3.70. The molecule has 3 fully saturated rings. The quantitative estimate of drug-likeness (QED) is 0.741. The van der Waals surface area contributed by atoms with E-state index in [-0.39, 0.29) is 18.4 Å². The highest BCUT2D eigenvalue weighted by Gasteiger charge is 2.46. The van der Waals surface area contributed by atoms with Gasteiger partial charge in [-0.15, -0.1) is 0 Å². The van der Waals surface area contributed by atoms with E-state index in [4.69, 9.17) is 0 Å². The van der Waals surface area contributed by atoms with Crippen LogP contribution in [0, 0.1) is 0 Å². The zero-order valence-corrected chi connectivity index (χ0v) is 9.89. The molecular weight excluding hydrogens is 220 g/mol. The Morgan fingerprint density at radius 3 is 2.53 bits per heavy atom. The Morgan fingerprint density at radius 1 is 1.29 bits per heavy atom. The van der Waals surface area contributed by atoms with Gasteiger partial charge in [0.15, 0.2) is 0 Å². The van der Waals surface area contributed by atoms with Gasteiger partial charge in [0.05, 0.1) is 6.67 Å². The second-order valence-corrected chi connectivity index (χ2v) is 5.48. The number of hydrogen-bond acceptors (Lipinski definition) is 3. The van der Waals surface area contributed by atoms with Gasteiger partial charge in [-0.05, 0) is 38.5 Å². The van der Waals surface area contributed by atoms with Gasteiger partial charge in [0.1, 0.15) is 12.1 Å². The minimum atomic E-state index is -1.19. The van der Waals surface area contributed by atoms with Crippen molar-refractivity contribution in [2.24, 2.45) is 0 Å². The Labute approximate surface area is 100 Å². The molecule has 2 saturated carbocycles. The van der Waals surface area contributed by atoms with Crippen LogP contribution in [0.1, 0.15) is 38.5 Å². The zero-order chi connectivity index (χ0) is 12.0. The van der Waals surface area contributed by atoms with E-state index in [1.807, 2.05) is 0 Å². The molecule has 0 bridgehead atoms. The van der Waals surface area contributed by atoms with Gasteiger partial charge in [-0.3, -0.25) is 9.59 Å². The molecule has 1 saturated heterocycles. The topological polar surface area (TPSA) is 60.9 Å². The number of aliphatic hydroxyl groups is 1. The third-order valence-corrected chi connectivity index (χ3v) is 4.07. The van der Waals surface area contributed by atoms with Crippen molar-refractivity contribution in [2.75, 3.05) is 13.2 Å². The van der Waals surface area contributed by atoms with E-state index in [9.17, 15) is 14.7 Å². The molecular formula is C12H18N2O3. The lowest BCUT2D eigenvalue weighted by Gasteiger charge is -2.27. The van der Waals surface area contributed by atoms with Gasteiger partial charge in [-0.2, -0.15) is 0 Å². The number of amides is 2. The molecule has 1 heterocycles. The molecule has 1 N–H and O–H groups in total. The fourth-order valence-electron chi connectivity index (χ4n) is 2.88. The van der Waals surface area contributed by atoms with Gasteiger partial charge in [-0.1, -0.05) is 0 Å². The summed E-state index contributed by atoms with van der Waals surface area (Å²) in [7, 11) is 0. The minimum absolute atomic E-state index is 0.0300. The molecule has 0 aromatic heterocycles. The molecule has 0 unspecified atom stereocenters. The summed E-state index contributed by atoms with van der Waals surface area (Å²) in [5.41, 5.74) is -1.19. The van der Waals surface area contributed by atoms with Crippen molar-refractivity contribution in [1.29, 1.82) is 0 Å². The zero-order valence-electron chi connectivity index (χ0n) is 9.89. The lowest BCUT2D eigenvalue weighted by Crippen LogP contribution is -2.47. The normalized spacial score (nSPS) is 27.9. The number of carbonyl (C=O) groups excluding carboxylic acids is 2. The van der Waals surface area contributed by atoms with Gasteiger partial charge in [-0.25, -0.2) is 0 Å². The van der Waals surface area contributed by atoms with Crippen molar-refractivity contribution in [3.8, 4) is 0 Å². The first kappa shape index (κ1) is 11.0. The molecule has 2 aliphatic carbocycles. The van der Waals surface area contributed by atoms with E-state index in [0.29, 0.717) is 25.6 Å². The van der Waals surface area contributed by atoms with E-state index in [2.05, 4.69) is 0 Å². The molecule has 3 rings (SSSR count). The van der Waals surface area contributed by atoms with Gasteiger partial charge in [0.25, 0.3) is 5.91 Å². The Hall–Kier alpha value is -1.10. The van der Waals surface area contributed by atoms with Crippen LogP contribution in [0.25, 0.3) is 0 Å². The van der Waals surface area contributed by atoms with E-state index in [0.717, 1.165) is 25.7 Å². The van der Waals surface area contributed by atoms with E-state index < -0.39 is 5.60 Å². The SMILES string of the molecule is O=C1CN(C(=O)C2(O)CCCC2)CN1C1CC1. The summed E-state index contributed by atoms with van der Waals surface area (Å²) in [5, 5.41) is 10.2. The largest absolute Gasteiger partial charge is 0.380 e. The van der Waals surface area contributed by atoms with Gasteiger partial charge in [0, 0.05) is 6.04 Å². The van der Waals surface area contributed by atoms with Crippen LogP contribution >= 0.6 is 0 Å². The summed E-state index contributed by atoms with van der Waals surface area (Å²) in [6, 6.07) is 0.346. The number of rotatable bonds is 2. The fraction of sp³-hybridized carbons (Fsp3) is 0.833. The van der Waals surface area contributed by atoms with Gasteiger partial charge >= 0.3 is 0 Å². The highest BCUT2D eigenvalue weighted by atomic mass is 16.3. The van der Waals surface area contributed by atoms with Crippen LogP contribution in [0.4, 0.5) is 0 Å². The lowest BCUT2D eigenvalue weighted by atomic mass is 10.0. The maximum atomic E-state index is 12.2. The maximum Gasteiger partial charge on any atom is 0.256 e.